The fourth-order valence-corrected chi connectivity index (χ4v) is 0.826. The summed E-state index contributed by atoms with van der Waals surface area (Å²) in [6.07, 6.45) is 6.92. The smallest absolute Gasteiger partial charge is 0.0945 e. The normalized spacial score (nSPS) is 9.42. The Morgan fingerprint density at radius 1 is 1.33 bits per heavy atom. The Morgan fingerprint density at radius 3 is 2.42 bits per heavy atom. The third-order valence-corrected chi connectivity index (χ3v) is 1.52. The average Bonchev–Trinajstić information content (AvgIpc) is 2.56. The minimum absolute atomic E-state index is 0.780. The lowest BCUT2D eigenvalue weighted by Crippen LogP contribution is -1.98. The van der Waals surface area contributed by atoms with Crippen LogP contribution < -0.4 is 0 Å². The SMILES string of the molecule is CC.CC(C)CCn1ccnc1. The van der Waals surface area contributed by atoms with Gasteiger partial charge in [-0.25, -0.2) is 4.98 Å². The second kappa shape index (κ2) is 6.89. The summed E-state index contributed by atoms with van der Waals surface area (Å²) >= 11 is 0. The summed E-state index contributed by atoms with van der Waals surface area (Å²) < 4.78 is 2.11. The molecule has 0 bridgehead atoms. The quantitative estimate of drug-likeness (QED) is 0.678. The molecule has 0 saturated heterocycles. The number of nitrogens with zero attached hydrogens (tertiary/aromatic N) is 2. The molecule has 0 amide bonds. The van der Waals surface area contributed by atoms with Gasteiger partial charge < -0.3 is 4.57 Å². The van der Waals surface area contributed by atoms with E-state index in [0.29, 0.717) is 0 Å². The number of hydrogen-bond donors (Lipinski definition) is 0. The molecule has 0 N–H and O–H groups in total. The van der Waals surface area contributed by atoms with Crippen molar-refractivity contribution in [1.29, 1.82) is 0 Å². The van der Waals surface area contributed by atoms with E-state index in [-0.39, 0.29) is 0 Å². The first-order chi connectivity index (χ1) is 5.79. The van der Waals surface area contributed by atoms with Gasteiger partial charge in [-0.3, -0.25) is 0 Å². The summed E-state index contributed by atoms with van der Waals surface area (Å²) in [6, 6.07) is 0. The van der Waals surface area contributed by atoms with Gasteiger partial charge in [0.15, 0.2) is 0 Å². The molecular formula is C10H20N2. The topological polar surface area (TPSA) is 17.8 Å². The monoisotopic (exact) mass is 168 g/mol. The Hall–Kier alpha value is -0.790. The van der Waals surface area contributed by atoms with Crippen LogP contribution in [0.15, 0.2) is 18.7 Å². The van der Waals surface area contributed by atoms with Gasteiger partial charge in [0.05, 0.1) is 6.33 Å². The Bertz CT molecular complexity index is 166. The number of hydrogen-bond acceptors (Lipinski definition) is 1. The van der Waals surface area contributed by atoms with Crippen molar-refractivity contribution in [2.75, 3.05) is 0 Å². The number of imidazole rings is 1. The summed E-state index contributed by atoms with van der Waals surface area (Å²) in [4.78, 5) is 3.96. The maximum absolute atomic E-state index is 3.96. The van der Waals surface area contributed by atoms with Gasteiger partial charge in [-0.1, -0.05) is 27.7 Å². The van der Waals surface area contributed by atoms with Crippen molar-refractivity contribution in [2.24, 2.45) is 5.92 Å². The van der Waals surface area contributed by atoms with E-state index in [1.807, 2.05) is 32.6 Å². The lowest BCUT2D eigenvalue weighted by molar-refractivity contribution is 0.516. The Morgan fingerprint density at radius 2 is 2.00 bits per heavy atom. The number of aromatic nitrogens is 2. The molecule has 2 heteroatoms. The first-order valence-corrected chi connectivity index (χ1v) is 4.75. The highest BCUT2D eigenvalue weighted by molar-refractivity contribution is 4.73. The zero-order valence-electron chi connectivity index (χ0n) is 8.62. The largest absolute Gasteiger partial charge is 0.337 e. The van der Waals surface area contributed by atoms with Crippen molar-refractivity contribution < 1.29 is 0 Å². The van der Waals surface area contributed by atoms with Gasteiger partial charge in [0, 0.05) is 18.9 Å². The van der Waals surface area contributed by atoms with Gasteiger partial charge in [-0.05, 0) is 12.3 Å². The third-order valence-electron chi connectivity index (χ3n) is 1.52. The molecule has 0 atom stereocenters. The van der Waals surface area contributed by atoms with Crippen LogP contribution in [0.2, 0.25) is 0 Å². The molecule has 1 heterocycles. The molecule has 0 unspecified atom stereocenters. The highest BCUT2D eigenvalue weighted by atomic mass is 15.0. The molecule has 0 saturated carbocycles. The summed E-state index contributed by atoms with van der Waals surface area (Å²) in [5.74, 6) is 0.780. The van der Waals surface area contributed by atoms with Crippen LogP contribution >= 0.6 is 0 Å². The highest BCUT2D eigenvalue weighted by Crippen LogP contribution is 2.01. The molecule has 0 aliphatic heterocycles. The van der Waals surface area contributed by atoms with Crippen molar-refractivity contribution in [3.05, 3.63) is 18.7 Å². The molecule has 1 aromatic rings. The Labute approximate surface area is 75.6 Å². The standard InChI is InChI=1S/C8H14N2.C2H6/c1-8(2)3-5-10-6-4-9-7-10;1-2/h4,6-8H,3,5H2,1-2H3;1-2H3. The van der Waals surface area contributed by atoms with Gasteiger partial charge in [-0.15, -0.1) is 0 Å². The maximum Gasteiger partial charge on any atom is 0.0945 e. The molecule has 12 heavy (non-hydrogen) atoms. The first kappa shape index (κ1) is 11.2. The second-order valence-electron chi connectivity index (χ2n) is 2.98. The van der Waals surface area contributed by atoms with Gasteiger partial charge in [-0.2, -0.15) is 0 Å². The van der Waals surface area contributed by atoms with Gasteiger partial charge >= 0.3 is 0 Å². The maximum atomic E-state index is 3.96. The predicted octanol–water partition coefficient (Wildman–Crippen LogP) is 2.96. The molecule has 0 spiro atoms. The van der Waals surface area contributed by atoms with E-state index >= 15 is 0 Å². The van der Waals surface area contributed by atoms with Crippen molar-refractivity contribution in [3.8, 4) is 0 Å². The van der Waals surface area contributed by atoms with Crippen molar-refractivity contribution in [3.63, 3.8) is 0 Å². The third kappa shape index (κ3) is 4.94. The zero-order chi connectivity index (χ0) is 9.40. The highest BCUT2D eigenvalue weighted by Gasteiger charge is 1.93. The molecule has 70 valence electrons. The summed E-state index contributed by atoms with van der Waals surface area (Å²) in [5, 5.41) is 0. The lowest BCUT2D eigenvalue weighted by Gasteiger charge is -2.03. The molecule has 1 aromatic heterocycles. The van der Waals surface area contributed by atoms with E-state index in [1.54, 1.807) is 0 Å². The van der Waals surface area contributed by atoms with Gasteiger partial charge in [0.1, 0.15) is 0 Å². The van der Waals surface area contributed by atoms with Crippen LogP contribution in [0.1, 0.15) is 34.1 Å². The number of rotatable bonds is 3. The summed E-state index contributed by atoms with van der Waals surface area (Å²) in [5.41, 5.74) is 0. The van der Waals surface area contributed by atoms with Crippen LogP contribution in [0.4, 0.5) is 0 Å². The van der Waals surface area contributed by atoms with Crippen LogP contribution in [-0.2, 0) is 6.54 Å². The van der Waals surface area contributed by atoms with Crippen LogP contribution in [0, 0.1) is 5.92 Å². The fraction of sp³-hybridized carbons (Fsp3) is 0.700. The molecule has 1 rings (SSSR count). The minimum Gasteiger partial charge on any atom is -0.337 e. The number of aryl methyl sites for hydroxylation is 1. The average molecular weight is 168 g/mol. The van der Waals surface area contributed by atoms with Crippen LogP contribution in [-0.4, -0.2) is 9.55 Å². The van der Waals surface area contributed by atoms with Crippen molar-refractivity contribution >= 4 is 0 Å². The summed E-state index contributed by atoms with van der Waals surface area (Å²) in [7, 11) is 0. The van der Waals surface area contributed by atoms with E-state index in [1.165, 1.54) is 6.42 Å². The molecule has 0 aliphatic rings. The van der Waals surface area contributed by atoms with E-state index in [4.69, 9.17) is 0 Å². The molecule has 2 nitrogen and oxygen atoms in total. The zero-order valence-corrected chi connectivity index (χ0v) is 8.62. The molecule has 0 aromatic carbocycles. The van der Waals surface area contributed by atoms with Crippen LogP contribution in [0.5, 0.6) is 0 Å². The molecule has 0 aliphatic carbocycles. The molecule has 0 fully saturated rings. The van der Waals surface area contributed by atoms with Crippen molar-refractivity contribution in [1.82, 2.24) is 9.55 Å². The minimum atomic E-state index is 0.780. The van der Waals surface area contributed by atoms with E-state index in [0.717, 1.165) is 12.5 Å². The Kier molecular flexibility index (Phi) is 6.44. The molecule has 0 radical (unpaired) electrons. The lowest BCUT2D eigenvalue weighted by atomic mass is 10.1. The fourth-order valence-electron chi connectivity index (χ4n) is 0.826. The second-order valence-corrected chi connectivity index (χ2v) is 2.98. The molecular weight excluding hydrogens is 148 g/mol. The van der Waals surface area contributed by atoms with E-state index in [9.17, 15) is 0 Å². The predicted molar refractivity (Wildman–Crippen MR) is 53.0 cm³/mol. The first-order valence-electron chi connectivity index (χ1n) is 4.75. The van der Waals surface area contributed by atoms with Crippen LogP contribution in [0.25, 0.3) is 0 Å². The van der Waals surface area contributed by atoms with Crippen molar-refractivity contribution in [2.45, 2.75) is 40.7 Å². The summed E-state index contributed by atoms with van der Waals surface area (Å²) in [6.45, 7) is 9.56. The van der Waals surface area contributed by atoms with Gasteiger partial charge in [0.25, 0.3) is 0 Å². The van der Waals surface area contributed by atoms with Gasteiger partial charge in [0.2, 0.25) is 0 Å². The van der Waals surface area contributed by atoms with E-state index in [2.05, 4.69) is 23.4 Å². The van der Waals surface area contributed by atoms with Crippen LogP contribution in [0.3, 0.4) is 0 Å². The van der Waals surface area contributed by atoms with E-state index < -0.39 is 0 Å². The Balaban J connectivity index is 0.000000561.